The van der Waals surface area contributed by atoms with Crippen LogP contribution in [0.3, 0.4) is 0 Å². The topological polar surface area (TPSA) is 20.2 Å². The van der Waals surface area contributed by atoms with Crippen LogP contribution in [-0.2, 0) is 6.04 Å². The van der Waals surface area contributed by atoms with Crippen molar-refractivity contribution < 1.29 is 5.11 Å². The number of aliphatic hydroxyl groups excluding tert-OH is 1. The van der Waals surface area contributed by atoms with Crippen LogP contribution in [0.1, 0.15) is 12.5 Å². The van der Waals surface area contributed by atoms with E-state index >= 15 is 0 Å². The third kappa shape index (κ3) is 2.79. The van der Waals surface area contributed by atoms with Gasteiger partial charge >= 0.3 is 0 Å². The quantitative estimate of drug-likeness (QED) is 0.700. The predicted molar refractivity (Wildman–Crippen MR) is 54.8 cm³/mol. The Morgan fingerprint density at radius 1 is 1.33 bits per heavy atom. The van der Waals surface area contributed by atoms with Crippen molar-refractivity contribution in [1.82, 2.24) is 0 Å². The Labute approximate surface area is 75.7 Å². The zero-order valence-electron chi connectivity index (χ0n) is 7.70. The summed E-state index contributed by atoms with van der Waals surface area (Å²) in [6, 6.07) is 11.5. The highest BCUT2D eigenvalue weighted by Crippen LogP contribution is 2.04. The maximum atomic E-state index is 9.34. The molecule has 0 unspecified atom stereocenters. The van der Waals surface area contributed by atoms with Crippen molar-refractivity contribution in [3.05, 3.63) is 35.9 Å². The third-order valence-corrected chi connectivity index (χ3v) is 4.99. The summed E-state index contributed by atoms with van der Waals surface area (Å²) in [6.07, 6.45) is 0. The van der Waals surface area contributed by atoms with Gasteiger partial charge in [0.15, 0.2) is 0 Å². The van der Waals surface area contributed by atoms with Crippen molar-refractivity contribution in [1.29, 1.82) is 0 Å². The molecule has 0 saturated carbocycles. The maximum absolute atomic E-state index is 9.34. The second kappa shape index (κ2) is 4.43. The van der Waals surface area contributed by atoms with Crippen LogP contribution in [0.5, 0.6) is 0 Å². The van der Waals surface area contributed by atoms with E-state index in [4.69, 9.17) is 0 Å². The number of aliphatic hydroxyl groups is 1. The van der Waals surface area contributed by atoms with Crippen LogP contribution in [0.2, 0.25) is 6.55 Å². The lowest BCUT2D eigenvalue weighted by atomic mass is 10.2. The Balaban J connectivity index is 2.53. The summed E-state index contributed by atoms with van der Waals surface area (Å²) >= 11 is 0. The normalized spacial score (nSPS) is 15.6. The Hall–Kier alpha value is -0.603. The van der Waals surface area contributed by atoms with E-state index in [1.54, 1.807) is 0 Å². The standard InChI is InChI=1S/C10H16OSi/c1-9(11)12(2)8-10-6-4-3-5-7-10/h3-7,9,11-12H,8H2,1-2H3/t9-,12+/m1/s1. The highest BCUT2D eigenvalue weighted by atomic mass is 28.3. The maximum Gasteiger partial charge on any atom is 0.0722 e. The van der Waals surface area contributed by atoms with Gasteiger partial charge in [0.2, 0.25) is 0 Å². The Bertz CT molecular complexity index is 221. The van der Waals surface area contributed by atoms with E-state index in [1.807, 2.05) is 13.0 Å². The summed E-state index contributed by atoms with van der Waals surface area (Å²) in [5.74, 6) is 0. The van der Waals surface area contributed by atoms with Crippen LogP contribution < -0.4 is 0 Å². The zero-order valence-corrected chi connectivity index (χ0v) is 8.85. The second-order valence-electron chi connectivity index (χ2n) is 3.41. The van der Waals surface area contributed by atoms with Crippen molar-refractivity contribution in [2.45, 2.75) is 25.2 Å². The van der Waals surface area contributed by atoms with Crippen molar-refractivity contribution in [3.63, 3.8) is 0 Å². The Kier molecular flexibility index (Phi) is 3.50. The smallest absolute Gasteiger partial charge is 0.0722 e. The molecule has 12 heavy (non-hydrogen) atoms. The van der Waals surface area contributed by atoms with E-state index < -0.39 is 8.80 Å². The fraction of sp³-hybridized carbons (Fsp3) is 0.400. The van der Waals surface area contributed by atoms with Crippen molar-refractivity contribution in [3.8, 4) is 0 Å². The zero-order chi connectivity index (χ0) is 8.97. The van der Waals surface area contributed by atoms with E-state index in [9.17, 15) is 5.11 Å². The first-order valence-corrected chi connectivity index (χ1v) is 7.06. The third-order valence-electron chi connectivity index (χ3n) is 2.22. The number of hydrogen-bond acceptors (Lipinski definition) is 1. The molecule has 1 N–H and O–H groups in total. The molecule has 0 saturated heterocycles. The molecule has 66 valence electrons. The molecule has 0 heterocycles. The molecule has 0 aromatic heterocycles. The lowest BCUT2D eigenvalue weighted by Gasteiger charge is -2.12. The summed E-state index contributed by atoms with van der Waals surface area (Å²) in [5, 5.41) is 9.34. The minimum atomic E-state index is -0.947. The van der Waals surface area contributed by atoms with Crippen LogP contribution in [0.15, 0.2) is 30.3 Å². The molecule has 0 amide bonds. The minimum Gasteiger partial charge on any atom is -0.397 e. The van der Waals surface area contributed by atoms with Crippen LogP contribution >= 0.6 is 0 Å². The minimum absolute atomic E-state index is 0.0785. The molecule has 0 aliphatic carbocycles. The molecule has 1 nitrogen and oxygen atoms in total. The molecular formula is C10H16OSi. The highest BCUT2D eigenvalue weighted by Gasteiger charge is 2.10. The molecule has 2 heteroatoms. The molecule has 0 aliphatic rings. The van der Waals surface area contributed by atoms with Gasteiger partial charge in [-0.05, 0) is 13.0 Å². The molecule has 0 aliphatic heterocycles. The van der Waals surface area contributed by atoms with Gasteiger partial charge in [0.25, 0.3) is 0 Å². The van der Waals surface area contributed by atoms with Gasteiger partial charge in [-0.25, -0.2) is 0 Å². The van der Waals surface area contributed by atoms with Gasteiger partial charge in [0.1, 0.15) is 0 Å². The summed E-state index contributed by atoms with van der Waals surface area (Å²) < 4.78 is 0. The molecule has 1 rings (SSSR count). The fourth-order valence-corrected chi connectivity index (χ4v) is 2.51. The largest absolute Gasteiger partial charge is 0.397 e. The molecule has 0 spiro atoms. The summed E-state index contributed by atoms with van der Waals surface area (Å²) in [5.41, 5.74) is 1.28. The van der Waals surface area contributed by atoms with E-state index in [1.165, 1.54) is 5.56 Å². The number of rotatable bonds is 3. The SMILES string of the molecule is C[C@H](O)[Si@@H](C)Cc1ccccc1. The van der Waals surface area contributed by atoms with E-state index in [0.717, 1.165) is 6.04 Å². The number of hydrogen-bond donors (Lipinski definition) is 1. The monoisotopic (exact) mass is 180 g/mol. The Morgan fingerprint density at radius 2 is 1.92 bits per heavy atom. The van der Waals surface area contributed by atoms with E-state index in [2.05, 4.69) is 30.8 Å². The fourth-order valence-electron chi connectivity index (χ4n) is 1.16. The van der Waals surface area contributed by atoms with Gasteiger partial charge in [0.05, 0.1) is 8.80 Å². The molecule has 1 aromatic carbocycles. The van der Waals surface area contributed by atoms with Gasteiger partial charge in [-0.2, -0.15) is 0 Å². The van der Waals surface area contributed by atoms with Gasteiger partial charge in [-0.15, -0.1) is 0 Å². The van der Waals surface area contributed by atoms with E-state index in [-0.39, 0.29) is 5.73 Å². The number of benzene rings is 1. The highest BCUT2D eigenvalue weighted by molar-refractivity contribution is 6.57. The predicted octanol–water partition coefficient (Wildman–Crippen LogP) is 1.55. The van der Waals surface area contributed by atoms with E-state index in [0.29, 0.717) is 0 Å². The first-order chi connectivity index (χ1) is 5.70. The summed E-state index contributed by atoms with van der Waals surface area (Å²) in [7, 11) is -0.947. The first kappa shape index (κ1) is 9.48. The van der Waals surface area contributed by atoms with Crippen molar-refractivity contribution in [2.24, 2.45) is 0 Å². The van der Waals surface area contributed by atoms with Gasteiger partial charge in [0, 0.05) is 5.73 Å². The average Bonchev–Trinajstić information content (AvgIpc) is 2.06. The molecule has 0 radical (unpaired) electrons. The molecule has 0 bridgehead atoms. The molecule has 2 atom stereocenters. The summed E-state index contributed by atoms with van der Waals surface area (Å²) in [4.78, 5) is 0. The average molecular weight is 180 g/mol. The van der Waals surface area contributed by atoms with Crippen molar-refractivity contribution >= 4 is 8.80 Å². The second-order valence-corrected chi connectivity index (χ2v) is 6.74. The lowest BCUT2D eigenvalue weighted by Crippen LogP contribution is -2.27. The molecular weight excluding hydrogens is 164 g/mol. The van der Waals surface area contributed by atoms with Crippen LogP contribution in [-0.4, -0.2) is 19.6 Å². The molecule has 0 fully saturated rings. The summed E-state index contributed by atoms with van der Waals surface area (Å²) in [6.45, 7) is 4.11. The Morgan fingerprint density at radius 3 is 2.42 bits per heavy atom. The lowest BCUT2D eigenvalue weighted by molar-refractivity contribution is 0.268. The van der Waals surface area contributed by atoms with Crippen LogP contribution in [0.4, 0.5) is 0 Å². The van der Waals surface area contributed by atoms with Gasteiger partial charge in [-0.1, -0.05) is 42.4 Å². The van der Waals surface area contributed by atoms with Gasteiger partial charge < -0.3 is 5.11 Å². The van der Waals surface area contributed by atoms with Crippen molar-refractivity contribution in [2.75, 3.05) is 0 Å². The molecule has 1 aromatic rings. The van der Waals surface area contributed by atoms with Crippen LogP contribution in [0.25, 0.3) is 0 Å². The van der Waals surface area contributed by atoms with Crippen LogP contribution in [0, 0.1) is 0 Å². The van der Waals surface area contributed by atoms with Gasteiger partial charge in [-0.3, -0.25) is 0 Å². The first-order valence-electron chi connectivity index (χ1n) is 4.42.